The normalized spacial score (nSPS) is 28.4. The number of hydrogen-bond acceptors (Lipinski definition) is 10. The number of carbonyl (C=O) groups is 1. The van der Waals surface area contributed by atoms with Crippen molar-refractivity contribution in [3.05, 3.63) is 41.8 Å². The van der Waals surface area contributed by atoms with Crippen LogP contribution in [0.25, 0.3) is 16.6 Å². The Bertz CT molecular complexity index is 1680. The molecule has 2 aromatic rings. The molecule has 0 bridgehead atoms. The molecule has 3 N–H and O–H groups in total. The SMILES string of the molecule is CNC1(C2=C(C)C(C(=O)N3CCN(C4CC(CC#N)(N5C=C(c6ncnc7[nH]ccc67)CN5C)C4)CC3)N=C(C(F)(F)F)N2)CCC1. The minimum Gasteiger partial charge on any atom is -0.346 e. The Morgan fingerprint density at radius 3 is 2.57 bits per heavy atom. The molecule has 2 aromatic heterocycles. The number of hydrogen-bond donors (Lipinski definition) is 3. The number of piperazine rings is 1. The predicted molar refractivity (Wildman–Crippen MR) is 169 cm³/mol. The van der Waals surface area contributed by atoms with E-state index in [1.807, 2.05) is 19.3 Å². The third-order valence-corrected chi connectivity index (χ3v) is 10.9. The topological polar surface area (TPSA) is 132 Å². The highest BCUT2D eigenvalue weighted by molar-refractivity contribution is 5.96. The van der Waals surface area contributed by atoms with Gasteiger partial charge in [0.05, 0.1) is 29.3 Å². The van der Waals surface area contributed by atoms with E-state index in [2.05, 4.69) is 57.8 Å². The van der Waals surface area contributed by atoms with Crippen LogP contribution < -0.4 is 10.6 Å². The fraction of sp³-hybridized carbons (Fsp3) is 0.594. The number of alkyl halides is 3. The number of fused-ring (bicyclic) bond motifs is 1. The summed E-state index contributed by atoms with van der Waals surface area (Å²) in [4.78, 5) is 33.7. The molecular weight excluding hydrogens is 611 g/mol. The molecule has 1 saturated heterocycles. The van der Waals surface area contributed by atoms with Gasteiger partial charge in [-0.2, -0.15) is 18.4 Å². The monoisotopic (exact) mass is 651 g/mol. The summed E-state index contributed by atoms with van der Waals surface area (Å²) in [6.45, 7) is 4.43. The number of aromatic amines is 1. The second kappa shape index (κ2) is 11.6. The van der Waals surface area contributed by atoms with Gasteiger partial charge in [0.2, 0.25) is 5.84 Å². The second-order valence-corrected chi connectivity index (χ2v) is 13.5. The summed E-state index contributed by atoms with van der Waals surface area (Å²) in [7, 11) is 3.77. The lowest BCUT2D eigenvalue weighted by Crippen LogP contribution is -2.66. The van der Waals surface area contributed by atoms with Crippen LogP contribution in [-0.2, 0) is 4.79 Å². The summed E-state index contributed by atoms with van der Waals surface area (Å²) >= 11 is 0. The number of carbonyl (C=O) groups excluding carboxylic acids is 1. The van der Waals surface area contributed by atoms with Crippen molar-refractivity contribution in [3.8, 4) is 6.07 Å². The first-order valence-corrected chi connectivity index (χ1v) is 16.2. The lowest BCUT2D eigenvalue weighted by atomic mass is 9.69. The minimum absolute atomic E-state index is 0.234. The summed E-state index contributed by atoms with van der Waals surface area (Å²) in [5.41, 5.74) is 2.73. The van der Waals surface area contributed by atoms with Crippen molar-refractivity contribution < 1.29 is 18.0 Å². The molecule has 47 heavy (non-hydrogen) atoms. The van der Waals surface area contributed by atoms with Gasteiger partial charge in [-0.05, 0) is 57.7 Å². The van der Waals surface area contributed by atoms with Crippen molar-refractivity contribution >= 4 is 28.3 Å². The van der Waals surface area contributed by atoms with Crippen LogP contribution >= 0.6 is 0 Å². The summed E-state index contributed by atoms with van der Waals surface area (Å²) in [5, 5.41) is 20.9. The van der Waals surface area contributed by atoms with Crippen LogP contribution in [0.5, 0.6) is 0 Å². The number of hydrazine groups is 1. The van der Waals surface area contributed by atoms with E-state index in [0.717, 1.165) is 41.6 Å². The summed E-state index contributed by atoms with van der Waals surface area (Å²) < 4.78 is 41.8. The smallest absolute Gasteiger partial charge is 0.346 e. The van der Waals surface area contributed by atoms with Crippen molar-refractivity contribution in [2.24, 2.45) is 4.99 Å². The van der Waals surface area contributed by atoms with Crippen LogP contribution in [0.2, 0.25) is 0 Å². The van der Waals surface area contributed by atoms with Crippen LogP contribution in [0.3, 0.4) is 0 Å². The number of aromatic nitrogens is 3. The number of halogens is 3. The maximum Gasteiger partial charge on any atom is 0.449 e. The summed E-state index contributed by atoms with van der Waals surface area (Å²) in [6.07, 6.45) is 5.08. The molecule has 5 heterocycles. The summed E-state index contributed by atoms with van der Waals surface area (Å²) in [6, 6.07) is 3.41. The van der Waals surface area contributed by atoms with Crippen LogP contribution in [0.4, 0.5) is 13.2 Å². The fourth-order valence-corrected chi connectivity index (χ4v) is 8.14. The van der Waals surface area contributed by atoms with E-state index in [4.69, 9.17) is 0 Å². The molecule has 3 fully saturated rings. The molecule has 7 rings (SSSR count). The molecule has 0 spiro atoms. The number of H-pyrrole nitrogens is 1. The molecule has 12 nitrogen and oxygen atoms in total. The molecule has 3 aliphatic heterocycles. The van der Waals surface area contributed by atoms with Gasteiger partial charge >= 0.3 is 6.18 Å². The first-order valence-electron chi connectivity index (χ1n) is 16.2. The molecule has 250 valence electrons. The van der Waals surface area contributed by atoms with E-state index in [0.29, 0.717) is 63.3 Å². The highest BCUT2D eigenvalue weighted by atomic mass is 19.4. The highest BCUT2D eigenvalue weighted by Gasteiger charge is 2.53. The van der Waals surface area contributed by atoms with Gasteiger partial charge in [0.1, 0.15) is 12.0 Å². The average Bonchev–Trinajstić information content (AvgIpc) is 3.65. The lowest BCUT2D eigenvalue weighted by Gasteiger charge is -2.57. The molecular formula is C32H40F3N11O. The van der Waals surface area contributed by atoms with Gasteiger partial charge in [-0.1, -0.05) is 0 Å². The number of likely N-dealkylation sites (N-methyl/N-ethyl adjacent to an activating group) is 2. The van der Waals surface area contributed by atoms with Crippen LogP contribution in [0.1, 0.15) is 51.1 Å². The Labute approximate surface area is 271 Å². The van der Waals surface area contributed by atoms with Crippen molar-refractivity contribution in [1.29, 1.82) is 5.26 Å². The van der Waals surface area contributed by atoms with Gasteiger partial charge < -0.3 is 25.5 Å². The van der Waals surface area contributed by atoms with Gasteiger partial charge in [-0.3, -0.25) is 9.69 Å². The van der Waals surface area contributed by atoms with Crippen molar-refractivity contribution in [2.75, 3.05) is 46.8 Å². The first kappa shape index (κ1) is 31.6. The van der Waals surface area contributed by atoms with E-state index in [1.165, 1.54) is 0 Å². The molecule has 1 atom stereocenters. The third-order valence-electron chi connectivity index (χ3n) is 10.9. The fourth-order valence-electron chi connectivity index (χ4n) is 8.14. The Kier molecular flexibility index (Phi) is 7.80. The second-order valence-electron chi connectivity index (χ2n) is 13.5. The first-order chi connectivity index (χ1) is 22.5. The quantitative estimate of drug-likeness (QED) is 0.414. The molecule has 2 saturated carbocycles. The maximum absolute atomic E-state index is 13.9. The van der Waals surface area contributed by atoms with E-state index >= 15 is 0 Å². The number of amidine groups is 1. The molecule has 1 unspecified atom stereocenters. The number of nitrogens with zero attached hydrogens (tertiary/aromatic N) is 8. The third kappa shape index (κ3) is 5.26. The van der Waals surface area contributed by atoms with Crippen molar-refractivity contribution in [1.82, 2.24) is 45.4 Å². The Morgan fingerprint density at radius 1 is 1.19 bits per heavy atom. The minimum atomic E-state index is -4.69. The largest absolute Gasteiger partial charge is 0.449 e. The molecule has 0 aromatic carbocycles. The van der Waals surface area contributed by atoms with Crippen molar-refractivity contribution in [3.63, 3.8) is 0 Å². The zero-order valence-electron chi connectivity index (χ0n) is 26.9. The van der Waals surface area contributed by atoms with Gasteiger partial charge in [-0.25, -0.2) is 20.0 Å². The Hall–Kier alpha value is -4.00. The predicted octanol–water partition coefficient (Wildman–Crippen LogP) is 2.77. The summed E-state index contributed by atoms with van der Waals surface area (Å²) in [5.74, 6) is -1.50. The standard InChI is InChI=1S/C32H40F3N11O/c1-20-24(41-29(32(33,34)35)42-26(20)31(37-2)6-4-7-31)28(47)45-13-11-44(12-14-45)22-15-30(16-22,8-9-36)46-18-21(17-43(46)3)25-23-5-10-38-27(23)40-19-39-25/h5,10,18-19,22,24,37H,4,6-8,11-17H2,1-3H3,(H,41,42)(H,38,39,40). The van der Waals surface area contributed by atoms with E-state index in [1.54, 1.807) is 25.2 Å². The zero-order valence-corrected chi connectivity index (χ0v) is 26.9. The molecule has 5 aliphatic rings. The lowest BCUT2D eigenvalue weighted by molar-refractivity contribution is -0.137. The molecule has 15 heteroatoms. The number of nitrogens with one attached hydrogen (secondary N) is 3. The highest BCUT2D eigenvalue weighted by Crippen LogP contribution is 2.47. The van der Waals surface area contributed by atoms with E-state index in [-0.39, 0.29) is 11.6 Å². The number of amides is 1. The van der Waals surface area contributed by atoms with E-state index < -0.39 is 29.5 Å². The Morgan fingerprint density at radius 2 is 1.94 bits per heavy atom. The van der Waals surface area contributed by atoms with Gasteiger partial charge in [0, 0.05) is 74.9 Å². The van der Waals surface area contributed by atoms with Gasteiger partial charge in [0.25, 0.3) is 5.91 Å². The van der Waals surface area contributed by atoms with Gasteiger partial charge in [0.15, 0.2) is 6.04 Å². The van der Waals surface area contributed by atoms with Crippen LogP contribution in [-0.4, -0.2) is 123 Å². The van der Waals surface area contributed by atoms with Crippen LogP contribution in [0.15, 0.2) is 41.1 Å². The van der Waals surface area contributed by atoms with Gasteiger partial charge in [-0.15, -0.1) is 0 Å². The number of rotatable bonds is 7. The van der Waals surface area contributed by atoms with Crippen molar-refractivity contribution in [2.45, 2.75) is 74.8 Å². The Balaban J connectivity index is 1.03. The molecule has 0 radical (unpaired) electrons. The molecule has 2 aliphatic carbocycles. The average molecular weight is 652 g/mol. The zero-order chi connectivity index (χ0) is 33.1. The number of aliphatic imine (C=N–C) groups is 1. The molecule has 1 amide bonds. The maximum atomic E-state index is 13.9. The number of nitriles is 1. The van der Waals surface area contributed by atoms with Crippen LogP contribution in [0, 0.1) is 11.3 Å². The van der Waals surface area contributed by atoms with E-state index in [9.17, 15) is 23.2 Å².